The number of hydrogen-bond donors (Lipinski definition) is 2. The fourth-order valence-electron chi connectivity index (χ4n) is 1.50. The van der Waals surface area contributed by atoms with Crippen LogP contribution in [0.15, 0.2) is 45.0 Å². The highest BCUT2D eigenvalue weighted by Crippen LogP contribution is 2.11. The summed E-state index contributed by atoms with van der Waals surface area (Å²) in [4.78, 5) is 0. The fraction of sp³-hybridized carbons (Fsp3) is 0.143. The first-order valence-corrected chi connectivity index (χ1v) is 5.79. The van der Waals surface area contributed by atoms with Crippen molar-refractivity contribution in [2.75, 3.05) is 0 Å². The minimum atomic E-state index is 0.182. The summed E-state index contributed by atoms with van der Waals surface area (Å²) in [5.41, 5.74) is 7.53. The number of aromatic hydroxyl groups is 1. The molecule has 0 aliphatic heterocycles. The number of rotatable bonds is 3. The topological polar surface area (TPSA) is 84.1 Å². The first kappa shape index (κ1) is 12.9. The van der Waals surface area contributed by atoms with E-state index in [1.54, 1.807) is 24.3 Å². The molecule has 0 aliphatic rings. The number of nitrogens with two attached hydrogens (primary N) is 1. The second kappa shape index (κ2) is 5.39. The Balaban J connectivity index is 2.11. The summed E-state index contributed by atoms with van der Waals surface area (Å²) >= 11 is 0. The van der Waals surface area contributed by atoms with E-state index in [0.717, 1.165) is 11.3 Å². The molecule has 3 N–H and O–H groups in total. The number of phenolic OH excluding ortho intramolecular Hbond substituents is 1. The predicted molar refractivity (Wildman–Crippen MR) is 74.6 cm³/mol. The fourth-order valence-corrected chi connectivity index (χ4v) is 1.50. The highest BCUT2D eigenvalue weighted by Gasteiger charge is 2.00. The lowest BCUT2D eigenvalue weighted by Gasteiger charge is -1.97. The number of amidine groups is 1. The van der Waals surface area contributed by atoms with Crippen molar-refractivity contribution in [3.05, 3.63) is 53.0 Å². The molecule has 0 aliphatic carbocycles. The van der Waals surface area contributed by atoms with E-state index >= 15 is 0 Å². The molecule has 5 nitrogen and oxygen atoms in total. The average molecular weight is 257 g/mol. The van der Waals surface area contributed by atoms with E-state index < -0.39 is 0 Å². The van der Waals surface area contributed by atoms with Gasteiger partial charge in [-0.05, 0) is 49.7 Å². The van der Waals surface area contributed by atoms with Crippen LogP contribution >= 0.6 is 0 Å². The molecule has 0 radical (unpaired) electrons. The summed E-state index contributed by atoms with van der Waals surface area (Å²) < 4.78 is 5.43. The van der Waals surface area contributed by atoms with Gasteiger partial charge in [0.15, 0.2) is 5.84 Å². The Morgan fingerprint density at radius 1 is 1.26 bits per heavy atom. The van der Waals surface area contributed by atoms with Gasteiger partial charge in [-0.2, -0.15) is 5.10 Å². The van der Waals surface area contributed by atoms with Crippen LogP contribution in [0, 0.1) is 13.8 Å². The van der Waals surface area contributed by atoms with Gasteiger partial charge in [-0.15, -0.1) is 5.10 Å². The number of aryl methyl sites for hydroxylation is 2. The highest BCUT2D eigenvalue weighted by molar-refractivity contribution is 5.97. The molecular formula is C14H15N3O2. The Hall–Kier alpha value is -2.56. The van der Waals surface area contributed by atoms with Gasteiger partial charge in [0.2, 0.25) is 0 Å². The maximum atomic E-state index is 9.17. The monoisotopic (exact) mass is 257 g/mol. The van der Waals surface area contributed by atoms with Crippen molar-refractivity contribution < 1.29 is 9.52 Å². The van der Waals surface area contributed by atoms with Crippen LogP contribution in [0.25, 0.3) is 0 Å². The van der Waals surface area contributed by atoms with Gasteiger partial charge in [0.1, 0.15) is 17.3 Å². The van der Waals surface area contributed by atoms with Crippen LogP contribution in [0.1, 0.15) is 22.6 Å². The van der Waals surface area contributed by atoms with Crippen molar-refractivity contribution in [3.63, 3.8) is 0 Å². The molecule has 0 atom stereocenters. The molecule has 0 saturated heterocycles. The molecule has 2 aromatic rings. The summed E-state index contributed by atoms with van der Waals surface area (Å²) in [5.74, 6) is 1.95. The molecule has 19 heavy (non-hydrogen) atoms. The van der Waals surface area contributed by atoms with Gasteiger partial charge in [-0.1, -0.05) is 0 Å². The highest BCUT2D eigenvalue weighted by atomic mass is 16.3. The Bertz CT molecular complexity index is 605. The van der Waals surface area contributed by atoms with Crippen LogP contribution in [-0.4, -0.2) is 17.2 Å². The zero-order chi connectivity index (χ0) is 13.8. The molecule has 2 rings (SSSR count). The number of phenols is 1. The quantitative estimate of drug-likeness (QED) is 0.503. The summed E-state index contributed by atoms with van der Waals surface area (Å²) in [6.07, 6.45) is 1.51. The van der Waals surface area contributed by atoms with Gasteiger partial charge in [0.05, 0.1) is 6.21 Å². The van der Waals surface area contributed by atoms with Crippen LogP contribution in [-0.2, 0) is 0 Å². The molecule has 1 aromatic heterocycles. The van der Waals surface area contributed by atoms with Crippen molar-refractivity contribution in [3.8, 4) is 5.75 Å². The largest absolute Gasteiger partial charge is 0.508 e. The van der Waals surface area contributed by atoms with Crippen molar-refractivity contribution in [1.29, 1.82) is 0 Å². The van der Waals surface area contributed by atoms with E-state index in [0.29, 0.717) is 11.3 Å². The SMILES string of the molecule is Cc1cc(C=NN=C(N)c2ccc(O)cc2)oc1C. The van der Waals surface area contributed by atoms with Gasteiger partial charge in [0.25, 0.3) is 0 Å². The Labute approximate surface area is 111 Å². The lowest BCUT2D eigenvalue weighted by molar-refractivity contribution is 0.475. The van der Waals surface area contributed by atoms with E-state index in [9.17, 15) is 0 Å². The lowest BCUT2D eigenvalue weighted by Crippen LogP contribution is -2.12. The van der Waals surface area contributed by atoms with Gasteiger partial charge >= 0.3 is 0 Å². The molecule has 0 amide bonds. The maximum Gasteiger partial charge on any atom is 0.153 e. The second-order valence-corrected chi connectivity index (χ2v) is 4.16. The Morgan fingerprint density at radius 2 is 1.95 bits per heavy atom. The molecule has 0 fully saturated rings. The molecular weight excluding hydrogens is 242 g/mol. The zero-order valence-electron chi connectivity index (χ0n) is 10.8. The van der Waals surface area contributed by atoms with E-state index in [-0.39, 0.29) is 11.6 Å². The van der Waals surface area contributed by atoms with Gasteiger partial charge in [-0.25, -0.2) is 0 Å². The number of hydrogen-bond acceptors (Lipinski definition) is 4. The van der Waals surface area contributed by atoms with Crippen molar-refractivity contribution >= 4 is 12.1 Å². The smallest absolute Gasteiger partial charge is 0.153 e. The second-order valence-electron chi connectivity index (χ2n) is 4.16. The number of benzene rings is 1. The molecule has 0 bridgehead atoms. The molecule has 0 unspecified atom stereocenters. The van der Waals surface area contributed by atoms with Crippen LogP contribution in [0.5, 0.6) is 5.75 Å². The van der Waals surface area contributed by atoms with Crippen LogP contribution in [0.2, 0.25) is 0 Å². The predicted octanol–water partition coefficient (Wildman–Crippen LogP) is 2.34. The van der Waals surface area contributed by atoms with E-state index in [2.05, 4.69) is 10.2 Å². The average Bonchev–Trinajstić information content (AvgIpc) is 2.69. The third kappa shape index (κ3) is 3.22. The summed E-state index contributed by atoms with van der Waals surface area (Å²) in [5, 5.41) is 16.9. The van der Waals surface area contributed by atoms with E-state index in [4.69, 9.17) is 15.3 Å². The van der Waals surface area contributed by atoms with Crippen LogP contribution in [0.4, 0.5) is 0 Å². The lowest BCUT2D eigenvalue weighted by atomic mass is 10.2. The molecule has 1 aromatic carbocycles. The molecule has 0 spiro atoms. The van der Waals surface area contributed by atoms with Crippen molar-refractivity contribution in [2.24, 2.45) is 15.9 Å². The summed E-state index contributed by atoms with van der Waals surface area (Å²) in [7, 11) is 0. The van der Waals surface area contributed by atoms with Gasteiger partial charge in [0, 0.05) is 5.56 Å². The first-order chi connectivity index (χ1) is 9.06. The molecule has 1 heterocycles. The third-order valence-electron chi connectivity index (χ3n) is 2.70. The third-order valence-corrected chi connectivity index (χ3v) is 2.70. The zero-order valence-corrected chi connectivity index (χ0v) is 10.8. The van der Waals surface area contributed by atoms with E-state index in [1.165, 1.54) is 6.21 Å². The minimum Gasteiger partial charge on any atom is -0.508 e. The molecule has 98 valence electrons. The van der Waals surface area contributed by atoms with E-state index in [1.807, 2.05) is 19.9 Å². The molecule has 5 heteroatoms. The standard InChI is InChI=1S/C14H15N3O2/c1-9-7-13(19-10(9)2)8-16-17-14(15)11-3-5-12(18)6-4-11/h3-8,18H,1-2H3,(H2,15,17). The minimum absolute atomic E-state index is 0.182. The number of furan rings is 1. The van der Waals surface area contributed by atoms with Gasteiger partial charge < -0.3 is 15.3 Å². The summed E-state index contributed by atoms with van der Waals surface area (Å²) in [6.45, 7) is 3.85. The van der Waals surface area contributed by atoms with Crippen LogP contribution in [0.3, 0.4) is 0 Å². The van der Waals surface area contributed by atoms with Gasteiger partial charge in [-0.3, -0.25) is 0 Å². The molecule has 0 saturated carbocycles. The Kier molecular flexibility index (Phi) is 3.66. The first-order valence-electron chi connectivity index (χ1n) is 5.79. The summed E-state index contributed by atoms with van der Waals surface area (Å²) in [6, 6.07) is 8.31. The Morgan fingerprint density at radius 3 is 2.53 bits per heavy atom. The maximum absolute atomic E-state index is 9.17. The number of nitrogens with zero attached hydrogens (tertiary/aromatic N) is 2. The van der Waals surface area contributed by atoms with Crippen molar-refractivity contribution in [2.45, 2.75) is 13.8 Å². The van der Waals surface area contributed by atoms with Crippen molar-refractivity contribution in [1.82, 2.24) is 0 Å². The van der Waals surface area contributed by atoms with Crippen LogP contribution < -0.4 is 5.73 Å². The normalized spacial score (nSPS) is 12.2.